The van der Waals surface area contributed by atoms with Gasteiger partial charge in [-0.15, -0.1) is 5.10 Å². The van der Waals surface area contributed by atoms with Crippen molar-refractivity contribution in [3.05, 3.63) is 123 Å². The minimum absolute atomic E-state index is 0.0997. The van der Waals surface area contributed by atoms with E-state index in [2.05, 4.69) is 86.9 Å². The first-order valence-corrected chi connectivity index (χ1v) is 14.4. The SMILES string of the molecule is Cc1ccc2[nH]c(=O)c([C@H](c3nnnn3C3CCCCC3)N(CCc3ccccc3)Cc3ccccc3)cc2c1. The van der Waals surface area contributed by atoms with Crippen LogP contribution in [0.5, 0.6) is 0 Å². The largest absolute Gasteiger partial charge is 0.322 e. The number of aromatic amines is 1. The number of hydrogen-bond acceptors (Lipinski definition) is 5. The summed E-state index contributed by atoms with van der Waals surface area (Å²) in [6, 6.07) is 29.0. The lowest BCUT2D eigenvalue weighted by Crippen LogP contribution is -2.37. The molecule has 204 valence electrons. The molecular weight excluding hydrogens is 496 g/mol. The Morgan fingerprint density at radius 3 is 2.40 bits per heavy atom. The highest BCUT2D eigenvalue weighted by Crippen LogP contribution is 2.34. The summed E-state index contributed by atoms with van der Waals surface area (Å²) in [7, 11) is 0. The number of benzene rings is 3. The molecule has 0 bridgehead atoms. The quantitative estimate of drug-likeness (QED) is 0.246. The topological polar surface area (TPSA) is 79.7 Å². The second-order valence-electron chi connectivity index (χ2n) is 11.0. The number of aromatic nitrogens is 5. The lowest BCUT2D eigenvalue weighted by atomic mass is 9.95. The smallest absolute Gasteiger partial charge is 0.253 e. The molecule has 3 aromatic carbocycles. The lowest BCUT2D eigenvalue weighted by Gasteiger charge is -2.33. The first-order chi connectivity index (χ1) is 19.7. The fourth-order valence-electron chi connectivity index (χ4n) is 6.05. The molecule has 0 saturated heterocycles. The summed E-state index contributed by atoms with van der Waals surface area (Å²) in [6.45, 7) is 3.49. The minimum Gasteiger partial charge on any atom is -0.322 e. The first kappa shape index (κ1) is 26.1. The van der Waals surface area contributed by atoms with E-state index in [1.165, 1.54) is 30.4 Å². The Bertz CT molecular complexity index is 1600. The number of nitrogens with one attached hydrogen (secondary N) is 1. The van der Waals surface area contributed by atoms with Crippen LogP contribution in [-0.2, 0) is 13.0 Å². The molecule has 0 aliphatic heterocycles. The maximum Gasteiger partial charge on any atom is 0.253 e. The van der Waals surface area contributed by atoms with Gasteiger partial charge in [-0.25, -0.2) is 4.68 Å². The van der Waals surface area contributed by atoms with E-state index in [1.54, 1.807) is 0 Å². The van der Waals surface area contributed by atoms with Crippen molar-refractivity contribution in [2.75, 3.05) is 6.54 Å². The van der Waals surface area contributed by atoms with E-state index in [1.807, 2.05) is 35.0 Å². The van der Waals surface area contributed by atoms with Gasteiger partial charge in [0.2, 0.25) is 0 Å². The third kappa shape index (κ3) is 5.75. The van der Waals surface area contributed by atoms with Crippen LogP contribution in [0.1, 0.15) is 72.3 Å². The average Bonchev–Trinajstić information content (AvgIpc) is 3.47. The Morgan fingerprint density at radius 1 is 0.925 bits per heavy atom. The van der Waals surface area contributed by atoms with Gasteiger partial charge in [0.25, 0.3) is 5.56 Å². The first-order valence-electron chi connectivity index (χ1n) is 14.4. The molecule has 1 N–H and O–H groups in total. The van der Waals surface area contributed by atoms with Crippen molar-refractivity contribution in [3.8, 4) is 0 Å². The summed E-state index contributed by atoms with van der Waals surface area (Å²) in [5.41, 5.74) is 5.01. The summed E-state index contributed by atoms with van der Waals surface area (Å²) in [4.78, 5) is 19.3. The maximum atomic E-state index is 13.8. The van der Waals surface area contributed by atoms with E-state index in [0.717, 1.165) is 48.1 Å². The average molecular weight is 533 g/mol. The number of pyridine rings is 1. The van der Waals surface area contributed by atoms with E-state index >= 15 is 0 Å². The Balaban J connectivity index is 1.49. The van der Waals surface area contributed by atoms with Crippen LogP contribution < -0.4 is 5.56 Å². The second kappa shape index (κ2) is 12.0. The van der Waals surface area contributed by atoms with Crippen LogP contribution >= 0.6 is 0 Å². The summed E-state index contributed by atoms with van der Waals surface area (Å²) in [5, 5.41) is 14.3. The van der Waals surface area contributed by atoms with Gasteiger partial charge in [-0.05, 0) is 71.3 Å². The van der Waals surface area contributed by atoms with Gasteiger partial charge in [0.15, 0.2) is 5.82 Å². The van der Waals surface area contributed by atoms with Gasteiger partial charge < -0.3 is 4.98 Å². The maximum absolute atomic E-state index is 13.8. The number of aryl methyl sites for hydroxylation is 1. The molecular formula is C33H36N6O. The Morgan fingerprint density at radius 2 is 1.65 bits per heavy atom. The van der Waals surface area contributed by atoms with Gasteiger partial charge in [-0.1, -0.05) is 91.6 Å². The molecule has 1 aliphatic rings. The molecule has 0 amide bonds. The molecule has 0 spiro atoms. The van der Waals surface area contributed by atoms with E-state index in [9.17, 15) is 4.79 Å². The van der Waals surface area contributed by atoms with Crippen LogP contribution in [0, 0.1) is 6.92 Å². The fraction of sp³-hybridized carbons (Fsp3) is 0.333. The van der Waals surface area contributed by atoms with Crippen molar-refractivity contribution in [1.29, 1.82) is 0 Å². The minimum atomic E-state index is -0.408. The van der Waals surface area contributed by atoms with Crippen LogP contribution in [0.3, 0.4) is 0 Å². The van der Waals surface area contributed by atoms with E-state index in [0.29, 0.717) is 12.1 Å². The van der Waals surface area contributed by atoms with Crippen molar-refractivity contribution in [3.63, 3.8) is 0 Å². The normalized spacial score (nSPS) is 15.1. The second-order valence-corrected chi connectivity index (χ2v) is 11.0. The summed E-state index contributed by atoms with van der Waals surface area (Å²) in [6.07, 6.45) is 6.55. The number of nitrogens with zero attached hydrogens (tertiary/aromatic N) is 5. The molecule has 0 unspecified atom stereocenters. The number of hydrogen-bond donors (Lipinski definition) is 1. The van der Waals surface area contributed by atoms with Gasteiger partial charge in [0.1, 0.15) is 6.04 Å². The van der Waals surface area contributed by atoms with Crippen LogP contribution in [0.2, 0.25) is 0 Å². The van der Waals surface area contributed by atoms with Gasteiger partial charge in [-0.2, -0.15) is 0 Å². The molecule has 1 aliphatic carbocycles. The zero-order valence-corrected chi connectivity index (χ0v) is 23.0. The zero-order valence-electron chi connectivity index (χ0n) is 23.0. The molecule has 7 heteroatoms. The Labute approximate surface area is 234 Å². The molecule has 0 radical (unpaired) electrons. The van der Waals surface area contributed by atoms with Crippen molar-refractivity contribution < 1.29 is 0 Å². The Hall–Kier alpha value is -4.10. The molecule has 1 atom stereocenters. The number of H-pyrrole nitrogens is 1. The van der Waals surface area contributed by atoms with Gasteiger partial charge in [0, 0.05) is 24.2 Å². The van der Waals surface area contributed by atoms with Gasteiger partial charge in [0.05, 0.1) is 6.04 Å². The predicted octanol–water partition coefficient (Wildman–Crippen LogP) is 6.16. The zero-order chi connectivity index (χ0) is 27.3. The van der Waals surface area contributed by atoms with E-state index in [4.69, 9.17) is 0 Å². The highest BCUT2D eigenvalue weighted by Gasteiger charge is 2.33. The lowest BCUT2D eigenvalue weighted by molar-refractivity contribution is 0.197. The molecule has 40 heavy (non-hydrogen) atoms. The van der Waals surface area contributed by atoms with E-state index < -0.39 is 6.04 Å². The molecule has 5 aromatic rings. The summed E-state index contributed by atoms with van der Waals surface area (Å²) < 4.78 is 2.02. The van der Waals surface area contributed by atoms with Crippen molar-refractivity contribution >= 4 is 10.9 Å². The number of tetrazole rings is 1. The van der Waals surface area contributed by atoms with Crippen LogP contribution in [0.4, 0.5) is 0 Å². The van der Waals surface area contributed by atoms with Crippen LogP contribution in [-0.4, -0.2) is 36.6 Å². The van der Waals surface area contributed by atoms with Crippen molar-refractivity contribution in [2.45, 2.75) is 64.1 Å². The Kier molecular flexibility index (Phi) is 7.82. The molecule has 1 saturated carbocycles. The standard InChI is InChI=1S/C33H36N6O/c1-24-17-18-30-27(21-24)22-29(33(40)34-30)31(32-35-36-37-39(32)28-15-9-4-10-16-28)38(23-26-13-7-3-8-14-26)20-19-25-11-5-2-6-12-25/h2-3,5-8,11-14,17-18,21-22,28,31H,4,9-10,15-16,19-20,23H2,1H3,(H,34,40)/t31-/m1/s1. The summed E-state index contributed by atoms with van der Waals surface area (Å²) >= 11 is 0. The number of fused-ring (bicyclic) bond motifs is 1. The highest BCUT2D eigenvalue weighted by molar-refractivity contribution is 5.79. The molecule has 1 fully saturated rings. The van der Waals surface area contributed by atoms with Crippen LogP contribution in [0.15, 0.2) is 89.7 Å². The van der Waals surface area contributed by atoms with Crippen molar-refractivity contribution in [2.24, 2.45) is 0 Å². The van der Waals surface area contributed by atoms with Gasteiger partial charge in [-0.3, -0.25) is 9.69 Å². The highest BCUT2D eigenvalue weighted by atomic mass is 16.1. The third-order valence-corrected chi connectivity index (χ3v) is 8.13. The molecule has 7 nitrogen and oxygen atoms in total. The molecule has 2 heterocycles. The summed E-state index contributed by atoms with van der Waals surface area (Å²) in [5.74, 6) is 0.744. The van der Waals surface area contributed by atoms with E-state index in [-0.39, 0.29) is 11.6 Å². The molecule has 2 aromatic heterocycles. The predicted molar refractivity (Wildman–Crippen MR) is 158 cm³/mol. The van der Waals surface area contributed by atoms with Crippen LogP contribution in [0.25, 0.3) is 10.9 Å². The van der Waals surface area contributed by atoms with Crippen molar-refractivity contribution in [1.82, 2.24) is 30.1 Å². The number of rotatable bonds is 9. The molecule has 6 rings (SSSR count). The fourth-order valence-corrected chi connectivity index (χ4v) is 6.05. The van der Waals surface area contributed by atoms with Gasteiger partial charge >= 0.3 is 0 Å². The third-order valence-electron chi connectivity index (χ3n) is 8.13. The monoisotopic (exact) mass is 532 g/mol.